The molecule has 0 amide bonds. The second-order valence-corrected chi connectivity index (χ2v) is 7.82. The predicted molar refractivity (Wildman–Crippen MR) is 100 cm³/mol. The average molecular weight is 359 g/mol. The fraction of sp³-hybridized carbons (Fsp3) is 0.450. The van der Waals surface area contributed by atoms with Gasteiger partial charge in [0.05, 0.1) is 18.6 Å². The van der Waals surface area contributed by atoms with E-state index in [4.69, 9.17) is 4.74 Å². The van der Waals surface area contributed by atoms with E-state index in [1.54, 1.807) is 0 Å². The molecule has 0 saturated carbocycles. The second-order valence-electron chi connectivity index (χ2n) is 6.50. The zero-order chi connectivity index (χ0) is 17.8. The normalized spacial score (nSPS) is 17.4. The Bertz CT molecular complexity index is 702. The van der Waals surface area contributed by atoms with Crippen LogP contribution in [0.15, 0.2) is 36.4 Å². The van der Waals surface area contributed by atoms with Gasteiger partial charge in [-0.05, 0) is 69.6 Å². The maximum absolute atomic E-state index is 11.2. The fourth-order valence-electron chi connectivity index (χ4n) is 3.47. The van der Waals surface area contributed by atoms with E-state index in [1.807, 2.05) is 30.4 Å². The lowest BCUT2D eigenvalue weighted by molar-refractivity contribution is -0.143. The van der Waals surface area contributed by atoms with Crippen LogP contribution in [0, 0.1) is 12.8 Å². The third-order valence-electron chi connectivity index (χ3n) is 4.78. The summed E-state index contributed by atoms with van der Waals surface area (Å²) in [5.74, 6) is 0.0171. The van der Waals surface area contributed by atoms with Crippen molar-refractivity contribution < 1.29 is 14.6 Å². The molecule has 1 unspecified atom stereocenters. The summed E-state index contributed by atoms with van der Waals surface area (Å²) in [5.41, 5.74) is 1.24. The van der Waals surface area contributed by atoms with Gasteiger partial charge in [-0.2, -0.15) is 0 Å². The van der Waals surface area contributed by atoms with Crippen molar-refractivity contribution in [3.8, 4) is 5.75 Å². The van der Waals surface area contributed by atoms with Crippen LogP contribution in [-0.4, -0.2) is 35.7 Å². The molecule has 3 rings (SSSR count). The number of carboxylic acids is 1. The van der Waals surface area contributed by atoms with Gasteiger partial charge >= 0.3 is 5.97 Å². The predicted octanol–water partition coefficient (Wildman–Crippen LogP) is 4.34. The molecule has 1 fully saturated rings. The molecule has 25 heavy (non-hydrogen) atoms. The highest BCUT2D eigenvalue weighted by atomic mass is 32.1. The van der Waals surface area contributed by atoms with Crippen molar-refractivity contribution in [2.24, 2.45) is 5.92 Å². The van der Waals surface area contributed by atoms with Crippen molar-refractivity contribution >= 4 is 17.3 Å². The summed E-state index contributed by atoms with van der Waals surface area (Å²) in [6, 6.07) is 12.9. The van der Waals surface area contributed by atoms with Crippen LogP contribution < -0.4 is 4.74 Å². The van der Waals surface area contributed by atoms with E-state index in [2.05, 4.69) is 36.1 Å². The number of piperidine rings is 1. The molecular formula is C20H25NO3S. The lowest BCUT2D eigenvalue weighted by Gasteiger charge is -2.36. The van der Waals surface area contributed by atoms with Gasteiger partial charge in [0.1, 0.15) is 5.75 Å². The molecule has 2 aromatic rings. The Kier molecular flexibility index (Phi) is 5.76. The molecule has 1 N–H and O–H groups in total. The van der Waals surface area contributed by atoms with Gasteiger partial charge in [-0.3, -0.25) is 9.69 Å². The van der Waals surface area contributed by atoms with E-state index in [-0.39, 0.29) is 12.0 Å². The Morgan fingerprint density at radius 3 is 2.44 bits per heavy atom. The van der Waals surface area contributed by atoms with Crippen LogP contribution in [-0.2, 0) is 4.79 Å². The van der Waals surface area contributed by atoms with E-state index in [0.29, 0.717) is 19.4 Å². The first-order valence-electron chi connectivity index (χ1n) is 8.84. The van der Waals surface area contributed by atoms with Gasteiger partial charge in [0.25, 0.3) is 0 Å². The Morgan fingerprint density at radius 1 is 1.24 bits per heavy atom. The van der Waals surface area contributed by atoms with E-state index in [1.165, 1.54) is 15.3 Å². The molecule has 1 aliphatic heterocycles. The first kappa shape index (κ1) is 18.0. The Balaban J connectivity index is 1.84. The van der Waals surface area contributed by atoms with Crippen LogP contribution in [0.1, 0.15) is 41.1 Å². The number of aryl methyl sites for hydroxylation is 1. The number of nitrogens with zero attached hydrogens (tertiary/aromatic N) is 1. The summed E-state index contributed by atoms with van der Waals surface area (Å²) in [5, 5.41) is 9.25. The molecule has 134 valence electrons. The number of carbonyl (C=O) groups is 1. The van der Waals surface area contributed by atoms with Gasteiger partial charge < -0.3 is 9.84 Å². The molecule has 1 aliphatic rings. The smallest absolute Gasteiger partial charge is 0.306 e. The molecule has 4 nitrogen and oxygen atoms in total. The molecule has 0 spiro atoms. The lowest BCUT2D eigenvalue weighted by Crippen LogP contribution is -2.39. The second kappa shape index (κ2) is 8.02. The summed E-state index contributed by atoms with van der Waals surface area (Å²) >= 11 is 1.82. The van der Waals surface area contributed by atoms with Crippen molar-refractivity contribution in [3.05, 3.63) is 51.7 Å². The molecule has 1 atom stereocenters. The van der Waals surface area contributed by atoms with Crippen LogP contribution >= 0.6 is 11.3 Å². The number of hydrogen-bond acceptors (Lipinski definition) is 4. The minimum absolute atomic E-state index is 0.184. The zero-order valence-electron chi connectivity index (χ0n) is 14.8. The van der Waals surface area contributed by atoms with Crippen LogP contribution in [0.5, 0.6) is 5.75 Å². The molecular weight excluding hydrogens is 334 g/mol. The molecule has 5 heteroatoms. The largest absolute Gasteiger partial charge is 0.494 e. The number of benzene rings is 1. The van der Waals surface area contributed by atoms with Gasteiger partial charge in [0.2, 0.25) is 0 Å². The number of rotatable bonds is 6. The zero-order valence-corrected chi connectivity index (χ0v) is 15.6. The average Bonchev–Trinajstić information content (AvgIpc) is 3.03. The first-order chi connectivity index (χ1) is 12.1. The highest BCUT2D eigenvalue weighted by Crippen LogP contribution is 2.36. The number of ether oxygens (including phenoxy) is 1. The van der Waals surface area contributed by atoms with E-state index in [9.17, 15) is 9.90 Å². The highest BCUT2D eigenvalue weighted by molar-refractivity contribution is 7.12. The Morgan fingerprint density at radius 2 is 1.92 bits per heavy atom. The summed E-state index contributed by atoms with van der Waals surface area (Å²) < 4.78 is 5.56. The summed E-state index contributed by atoms with van der Waals surface area (Å²) in [6.07, 6.45) is 1.43. The SMILES string of the molecule is CCOc1ccc(C(c2ccc(C)s2)N2CCC(C(=O)O)CC2)cc1. The third kappa shape index (κ3) is 4.22. The van der Waals surface area contributed by atoms with Crippen molar-refractivity contribution in [1.82, 2.24) is 4.90 Å². The molecule has 0 radical (unpaired) electrons. The standard InChI is InChI=1S/C20H25NO3S/c1-3-24-17-7-5-15(6-8-17)19(18-9-4-14(2)25-18)21-12-10-16(11-13-21)20(22)23/h4-9,16,19H,3,10-13H2,1-2H3,(H,22,23). The van der Waals surface area contributed by atoms with Crippen LogP contribution in [0.3, 0.4) is 0 Å². The summed E-state index contributed by atoms with van der Waals surface area (Å²) in [6.45, 7) is 6.39. The van der Waals surface area contributed by atoms with Gasteiger partial charge in [-0.1, -0.05) is 12.1 Å². The van der Waals surface area contributed by atoms with Gasteiger partial charge in [0, 0.05) is 9.75 Å². The monoisotopic (exact) mass is 359 g/mol. The van der Waals surface area contributed by atoms with Gasteiger partial charge in [-0.25, -0.2) is 0 Å². The molecule has 0 aliphatic carbocycles. The number of carboxylic acid groups (broad SMARTS) is 1. The first-order valence-corrected chi connectivity index (χ1v) is 9.66. The number of hydrogen-bond donors (Lipinski definition) is 1. The topological polar surface area (TPSA) is 49.8 Å². The minimum atomic E-state index is -0.663. The minimum Gasteiger partial charge on any atom is -0.494 e. The van der Waals surface area contributed by atoms with Crippen molar-refractivity contribution in [2.45, 2.75) is 32.7 Å². The van der Waals surface area contributed by atoms with E-state index in [0.717, 1.165) is 18.8 Å². The molecule has 1 aromatic heterocycles. The third-order valence-corrected chi connectivity index (χ3v) is 5.83. The number of thiophene rings is 1. The van der Waals surface area contributed by atoms with Crippen LogP contribution in [0.4, 0.5) is 0 Å². The Labute approximate surface area is 153 Å². The van der Waals surface area contributed by atoms with Crippen LogP contribution in [0.25, 0.3) is 0 Å². The van der Waals surface area contributed by atoms with Crippen molar-refractivity contribution in [1.29, 1.82) is 0 Å². The van der Waals surface area contributed by atoms with E-state index >= 15 is 0 Å². The number of likely N-dealkylation sites (tertiary alicyclic amines) is 1. The number of aliphatic carboxylic acids is 1. The molecule has 2 heterocycles. The summed E-state index contributed by atoms with van der Waals surface area (Å²) in [7, 11) is 0. The molecule has 0 bridgehead atoms. The van der Waals surface area contributed by atoms with Crippen molar-refractivity contribution in [2.75, 3.05) is 19.7 Å². The highest BCUT2D eigenvalue weighted by Gasteiger charge is 2.30. The molecule has 1 aromatic carbocycles. The Hall–Kier alpha value is -1.85. The quantitative estimate of drug-likeness (QED) is 0.833. The van der Waals surface area contributed by atoms with Gasteiger partial charge in [0.15, 0.2) is 0 Å². The summed E-state index contributed by atoms with van der Waals surface area (Å²) in [4.78, 5) is 16.3. The van der Waals surface area contributed by atoms with Crippen LogP contribution in [0.2, 0.25) is 0 Å². The van der Waals surface area contributed by atoms with E-state index < -0.39 is 5.97 Å². The van der Waals surface area contributed by atoms with Gasteiger partial charge in [-0.15, -0.1) is 11.3 Å². The molecule has 1 saturated heterocycles. The fourth-order valence-corrected chi connectivity index (χ4v) is 4.51. The van der Waals surface area contributed by atoms with Crippen molar-refractivity contribution in [3.63, 3.8) is 0 Å². The lowest BCUT2D eigenvalue weighted by atomic mass is 9.94. The maximum Gasteiger partial charge on any atom is 0.306 e. The maximum atomic E-state index is 11.2.